The monoisotopic (exact) mass is 1170 g/mol. The van der Waals surface area contributed by atoms with Crippen molar-refractivity contribution < 1.29 is 32.6 Å². The molecule has 6 aromatic rings. The van der Waals surface area contributed by atoms with Crippen LogP contribution in [0.15, 0.2) is 91.1 Å². The highest BCUT2D eigenvalue weighted by Gasteiger charge is 2.32. The van der Waals surface area contributed by atoms with E-state index in [-0.39, 0.29) is 54.7 Å². The number of pyridine rings is 1. The molecule has 3 aliphatic rings. The lowest BCUT2D eigenvalue weighted by Crippen LogP contribution is -2.54. The minimum absolute atomic E-state index is 0.0652. The first-order chi connectivity index (χ1) is 40.9. The molecule has 3 fully saturated rings. The zero-order valence-electron chi connectivity index (χ0n) is 52.0. The van der Waals surface area contributed by atoms with Gasteiger partial charge < -0.3 is 41.4 Å². The van der Waals surface area contributed by atoms with Crippen LogP contribution in [0.25, 0.3) is 33.3 Å². The van der Waals surface area contributed by atoms with Crippen molar-refractivity contribution >= 4 is 34.6 Å². The van der Waals surface area contributed by atoms with Crippen molar-refractivity contribution in [3.8, 4) is 22.3 Å². The number of halogens is 2. The summed E-state index contributed by atoms with van der Waals surface area (Å²) in [6.45, 7) is 29.4. The number of nitrogens with zero attached hydrogens (tertiary/aromatic N) is 6. The quantitative estimate of drug-likeness (QED) is 0.0485. The van der Waals surface area contributed by atoms with Gasteiger partial charge in [0.25, 0.3) is 0 Å². The molecule has 9 rings (SSSR count). The summed E-state index contributed by atoms with van der Waals surface area (Å²) in [6, 6.07) is 26.7. The number of hydrogen-bond donors (Lipinski definition) is 5. The van der Waals surface area contributed by atoms with Crippen LogP contribution in [-0.4, -0.2) is 124 Å². The number of rotatable bonds is 19. The Morgan fingerprint density at radius 2 is 1.40 bits per heavy atom. The third kappa shape index (κ3) is 18.1. The van der Waals surface area contributed by atoms with E-state index in [0.717, 1.165) is 120 Å². The summed E-state index contributed by atoms with van der Waals surface area (Å²) in [4.78, 5) is 51.3. The van der Waals surface area contributed by atoms with Crippen molar-refractivity contribution in [2.75, 3.05) is 57.8 Å². The number of carbonyl (C=O) groups is 3. The molecule has 0 saturated carbocycles. The molecule has 0 bridgehead atoms. The Bertz CT molecular complexity index is 3160. The van der Waals surface area contributed by atoms with E-state index in [4.69, 9.17) is 20.2 Å². The predicted molar refractivity (Wildman–Crippen MR) is 335 cm³/mol. The summed E-state index contributed by atoms with van der Waals surface area (Å²) in [6.07, 6.45) is 5.10. The van der Waals surface area contributed by atoms with Crippen LogP contribution >= 0.6 is 0 Å². The Morgan fingerprint density at radius 1 is 0.788 bits per heavy atom. The highest BCUT2D eigenvalue weighted by atomic mass is 19.1. The van der Waals surface area contributed by atoms with Gasteiger partial charge in [0, 0.05) is 132 Å². The molecule has 460 valence electrons. The molecule has 3 amide bonds. The number of nitrogens with one attached hydrogen (secondary N) is 4. The van der Waals surface area contributed by atoms with Gasteiger partial charge in [0.1, 0.15) is 23.2 Å². The van der Waals surface area contributed by atoms with Gasteiger partial charge in [-0.25, -0.2) is 23.2 Å². The van der Waals surface area contributed by atoms with Gasteiger partial charge in [-0.1, -0.05) is 82.6 Å². The van der Waals surface area contributed by atoms with E-state index in [2.05, 4.69) is 62.1 Å². The van der Waals surface area contributed by atoms with Crippen LogP contribution < -0.4 is 27.0 Å². The summed E-state index contributed by atoms with van der Waals surface area (Å²) < 4.78 is 42.6. The lowest BCUT2D eigenvalue weighted by Gasteiger charge is -2.40. The van der Waals surface area contributed by atoms with Gasteiger partial charge in [-0.2, -0.15) is 5.10 Å². The lowest BCUT2D eigenvalue weighted by molar-refractivity contribution is -0.135. The molecule has 3 saturated heterocycles. The van der Waals surface area contributed by atoms with Crippen LogP contribution in [0.3, 0.4) is 0 Å². The van der Waals surface area contributed by atoms with E-state index in [1.165, 1.54) is 12.1 Å². The second kappa shape index (κ2) is 31.5. The van der Waals surface area contributed by atoms with Crippen LogP contribution in [0.2, 0.25) is 0 Å². The van der Waals surface area contributed by atoms with E-state index in [0.29, 0.717) is 69.3 Å². The fourth-order valence-electron chi connectivity index (χ4n) is 11.3. The summed E-state index contributed by atoms with van der Waals surface area (Å²) in [5.41, 5.74) is 15.4. The van der Waals surface area contributed by atoms with Gasteiger partial charge in [0.15, 0.2) is 5.65 Å². The molecule has 16 nitrogen and oxygen atoms in total. The molecule has 2 aromatic heterocycles. The molecular formula is C67H93F2N11O5. The second-order valence-corrected chi connectivity index (χ2v) is 23.4. The number of hydrogen-bond acceptors (Lipinski definition) is 12. The molecule has 4 aromatic carbocycles. The van der Waals surface area contributed by atoms with Crippen LogP contribution in [0, 0.1) is 17.6 Å². The first-order valence-electron chi connectivity index (χ1n) is 30.8. The Labute approximate surface area is 503 Å². The average Bonchev–Trinajstić information content (AvgIpc) is 3.03. The molecule has 0 aliphatic carbocycles. The Morgan fingerprint density at radius 3 is 1.98 bits per heavy atom. The van der Waals surface area contributed by atoms with Crippen molar-refractivity contribution in [3.05, 3.63) is 136 Å². The first kappa shape index (κ1) is 65.7. The van der Waals surface area contributed by atoms with E-state index >= 15 is 4.39 Å². The number of fused-ring (bicyclic) bond motifs is 1. The van der Waals surface area contributed by atoms with Gasteiger partial charge in [-0.05, 0) is 137 Å². The Hall–Kier alpha value is -6.83. The van der Waals surface area contributed by atoms with E-state index in [1.54, 1.807) is 23.1 Å². The van der Waals surface area contributed by atoms with Crippen LogP contribution in [0.4, 0.5) is 19.3 Å². The summed E-state index contributed by atoms with van der Waals surface area (Å²) >= 11 is 0. The van der Waals surface area contributed by atoms with Gasteiger partial charge in [0.2, 0.25) is 11.8 Å². The van der Waals surface area contributed by atoms with E-state index in [1.807, 2.05) is 109 Å². The fraction of sp³-hybridized carbons (Fsp3) is 0.507. The summed E-state index contributed by atoms with van der Waals surface area (Å²) in [7, 11) is 0. The molecule has 3 atom stereocenters. The Kier molecular flexibility index (Phi) is 24.4. The van der Waals surface area contributed by atoms with Gasteiger partial charge in [0.05, 0.1) is 17.3 Å². The molecule has 18 heteroatoms. The SMILES string of the molecule is CC.CCCC(C(=O)NCc1ccc(F)c(-c2cccc(CN3CCN[C@@H](C)C3)c2)c1)C(=O)NCc1c(CC)nc2c(cnn2CC)c1NC1CCOCC1.C[C@H]1CN(Cc2cccc(-c3cc(CN)ccc3F)c2)CCN1C(=O)OC(C)(C)C. The number of aryl methyl sites for hydroxylation is 2. The van der Waals surface area contributed by atoms with Gasteiger partial charge >= 0.3 is 6.09 Å². The summed E-state index contributed by atoms with van der Waals surface area (Å²) in [5, 5.41) is 18.8. The molecular weight excluding hydrogens is 1080 g/mol. The minimum atomic E-state index is -0.874. The van der Waals surface area contributed by atoms with Crippen LogP contribution in [-0.2, 0) is 64.8 Å². The van der Waals surface area contributed by atoms with Crippen LogP contribution in [0.1, 0.15) is 128 Å². The number of carbonyl (C=O) groups excluding carboxylic acids is 3. The second-order valence-electron chi connectivity index (χ2n) is 23.4. The van der Waals surface area contributed by atoms with Crippen LogP contribution in [0.5, 0.6) is 0 Å². The van der Waals surface area contributed by atoms with Crippen molar-refractivity contribution in [3.63, 3.8) is 0 Å². The molecule has 85 heavy (non-hydrogen) atoms. The largest absolute Gasteiger partial charge is 0.444 e. The van der Waals surface area contributed by atoms with Gasteiger partial charge in [-0.3, -0.25) is 19.4 Å². The number of anilines is 1. The molecule has 0 spiro atoms. The fourth-order valence-corrected chi connectivity index (χ4v) is 11.3. The predicted octanol–water partition coefficient (Wildman–Crippen LogP) is 11.0. The van der Waals surface area contributed by atoms with Crippen molar-refractivity contribution in [1.82, 2.24) is 45.4 Å². The highest BCUT2D eigenvalue weighted by Crippen LogP contribution is 2.33. The molecule has 6 N–H and O–H groups in total. The molecule has 1 unspecified atom stereocenters. The van der Waals surface area contributed by atoms with Gasteiger partial charge in [-0.15, -0.1) is 0 Å². The zero-order valence-corrected chi connectivity index (χ0v) is 52.0. The number of ether oxygens (including phenoxy) is 2. The van der Waals surface area contributed by atoms with Crippen molar-refractivity contribution in [2.24, 2.45) is 11.7 Å². The zero-order chi connectivity index (χ0) is 61.2. The maximum absolute atomic E-state index is 15.2. The summed E-state index contributed by atoms with van der Waals surface area (Å²) in [5.74, 6) is -2.12. The highest BCUT2D eigenvalue weighted by molar-refractivity contribution is 6.00. The van der Waals surface area contributed by atoms with E-state index in [9.17, 15) is 18.8 Å². The number of amides is 3. The van der Waals surface area contributed by atoms with Crippen molar-refractivity contribution in [1.29, 1.82) is 0 Å². The topological polar surface area (TPSA) is 184 Å². The first-order valence-corrected chi connectivity index (χ1v) is 30.8. The smallest absolute Gasteiger partial charge is 0.410 e. The normalized spacial score (nSPS) is 17.3. The Balaban J connectivity index is 0.000000274. The van der Waals surface area contributed by atoms with Crippen molar-refractivity contribution in [2.45, 2.75) is 164 Å². The number of benzene rings is 4. The third-order valence-electron chi connectivity index (χ3n) is 15.7. The maximum atomic E-state index is 15.2. The maximum Gasteiger partial charge on any atom is 0.410 e. The number of piperazine rings is 2. The molecule has 5 heterocycles. The van der Waals surface area contributed by atoms with E-state index < -0.39 is 11.5 Å². The number of aromatic nitrogens is 3. The minimum Gasteiger partial charge on any atom is -0.444 e. The average molecular weight is 1170 g/mol. The molecule has 3 aliphatic heterocycles. The number of nitrogens with two attached hydrogens (primary N) is 1. The molecule has 0 radical (unpaired) electrons. The third-order valence-corrected chi connectivity index (χ3v) is 15.7. The lowest BCUT2D eigenvalue weighted by atomic mass is 9.99. The standard InChI is InChI=1S/C41H55FN8O3.C24H32FN3O2.C2H6/c1-5-9-32(41(52)45-23-34-37(6-2)48-39-35(24-46-50(39)7-3)38(34)47-31-14-18-53-19-15-31)40(51)44-22-28-12-13-36(42)33(21-28)30-11-8-10-29(20-30)26-49-17-16-43-27(4)25-49;1-17-15-27(10-11-28(17)23(29)30-24(2,3)4)16-19-6-5-7-20(12-19)21-13-18(14-26)8-9-22(21)25;1-2/h8,10-13,20-21,24,27,31-32,43H,5-7,9,14-19,22-23,25-26H2,1-4H3,(H,44,51)(H,45,52)(H,47,48);5-9,12-13,17H,10-11,14-16,26H2,1-4H3;1-2H3/t27-,32?;17-;/m00./s1.